The molecule has 140 valence electrons. The summed E-state index contributed by atoms with van der Waals surface area (Å²) < 4.78 is 25.6. The molecule has 2 N–H and O–H groups in total. The Labute approximate surface area is 161 Å². The Kier molecular flexibility index (Phi) is 6.75. The summed E-state index contributed by atoms with van der Waals surface area (Å²) in [6, 6.07) is 14.7. The van der Waals surface area contributed by atoms with Gasteiger partial charge in [-0.3, -0.25) is 0 Å². The van der Waals surface area contributed by atoms with E-state index in [1.807, 2.05) is 12.1 Å². The minimum atomic E-state index is -3.48. The maximum absolute atomic E-state index is 12.2. The topological polar surface area (TPSA) is 61.4 Å². The van der Waals surface area contributed by atoms with Crippen LogP contribution in [0.3, 0.4) is 0 Å². The Morgan fingerprint density at radius 2 is 1.69 bits per heavy atom. The van der Waals surface area contributed by atoms with Crippen molar-refractivity contribution in [3.63, 3.8) is 0 Å². The summed E-state index contributed by atoms with van der Waals surface area (Å²) in [7, 11) is -0.471. The van der Waals surface area contributed by atoms with Crippen molar-refractivity contribution in [3.8, 4) is 0 Å². The maximum atomic E-state index is 12.2. The lowest BCUT2D eigenvalue weighted by molar-refractivity contribution is 0.521. The average molecular weight is 392 g/mol. The van der Waals surface area contributed by atoms with Crippen LogP contribution in [-0.4, -0.2) is 31.9 Å². The van der Waals surface area contributed by atoms with Gasteiger partial charge >= 0.3 is 0 Å². The maximum Gasteiger partial charge on any atom is 0.242 e. The second-order valence-corrected chi connectivity index (χ2v) is 8.89. The van der Waals surface area contributed by atoms with Crippen molar-refractivity contribution in [1.82, 2.24) is 4.31 Å². The van der Waals surface area contributed by atoms with Crippen molar-refractivity contribution in [2.24, 2.45) is 0 Å². The van der Waals surface area contributed by atoms with Gasteiger partial charge < -0.3 is 10.6 Å². The number of sulfonamides is 1. The van der Waals surface area contributed by atoms with E-state index < -0.39 is 10.0 Å². The number of nitrogens with one attached hydrogen (secondary N) is 2. The molecule has 0 aromatic heterocycles. The second kappa shape index (κ2) is 8.62. The van der Waals surface area contributed by atoms with Gasteiger partial charge in [-0.05, 0) is 60.5 Å². The molecular weight excluding hydrogens is 366 g/mol. The fraction of sp³-hybridized carbons (Fsp3) is 0.316. The van der Waals surface area contributed by atoms with Crippen LogP contribution in [-0.2, 0) is 10.0 Å². The zero-order chi connectivity index (χ0) is 19.3. The minimum Gasteiger partial charge on any atom is -0.332 e. The van der Waals surface area contributed by atoms with E-state index in [0.717, 1.165) is 12.1 Å². The third kappa shape index (κ3) is 5.03. The van der Waals surface area contributed by atoms with E-state index in [4.69, 9.17) is 12.2 Å². The van der Waals surface area contributed by atoms with Crippen LogP contribution in [0.2, 0.25) is 0 Å². The van der Waals surface area contributed by atoms with E-state index in [9.17, 15) is 8.42 Å². The summed E-state index contributed by atoms with van der Waals surface area (Å²) in [5.74, 6) is 0.524. The Balaban J connectivity index is 2.06. The van der Waals surface area contributed by atoms with E-state index in [1.54, 1.807) is 24.3 Å². The quantitative estimate of drug-likeness (QED) is 0.721. The highest BCUT2D eigenvalue weighted by molar-refractivity contribution is 7.89. The van der Waals surface area contributed by atoms with Crippen molar-refractivity contribution in [2.75, 3.05) is 24.7 Å². The van der Waals surface area contributed by atoms with Crippen LogP contribution in [0.4, 0.5) is 11.4 Å². The van der Waals surface area contributed by atoms with Crippen LogP contribution >= 0.6 is 12.2 Å². The van der Waals surface area contributed by atoms with Crippen LogP contribution in [0, 0.1) is 0 Å². The molecule has 0 saturated heterocycles. The summed E-state index contributed by atoms with van der Waals surface area (Å²) in [4.78, 5) is 0.216. The first-order valence-corrected chi connectivity index (χ1v) is 10.3. The van der Waals surface area contributed by atoms with Gasteiger partial charge in [-0.25, -0.2) is 12.7 Å². The number of hydrogen-bond donors (Lipinski definition) is 2. The summed E-state index contributed by atoms with van der Waals surface area (Å²) in [5, 5.41) is 6.55. The highest BCUT2D eigenvalue weighted by atomic mass is 32.2. The molecule has 2 rings (SSSR count). The fourth-order valence-electron chi connectivity index (χ4n) is 2.37. The van der Waals surface area contributed by atoms with Crippen molar-refractivity contribution in [2.45, 2.75) is 31.1 Å². The fourth-order valence-corrected chi connectivity index (χ4v) is 3.55. The smallest absolute Gasteiger partial charge is 0.242 e. The van der Waals surface area contributed by atoms with Gasteiger partial charge in [-0.15, -0.1) is 0 Å². The molecule has 26 heavy (non-hydrogen) atoms. The van der Waals surface area contributed by atoms with E-state index in [0.29, 0.717) is 16.7 Å². The van der Waals surface area contributed by atoms with Crippen LogP contribution in [0.15, 0.2) is 53.4 Å². The van der Waals surface area contributed by atoms with Crippen LogP contribution in [0.5, 0.6) is 0 Å². The lowest BCUT2D eigenvalue weighted by Gasteiger charge is -2.15. The Morgan fingerprint density at radius 1 is 1.08 bits per heavy atom. The molecule has 0 spiro atoms. The molecule has 0 radical (unpaired) electrons. The molecule has 7 heteroatoms. The largest absolute Gasteiger partial charge is 0.332 e. The number of rotatable bonds is 6. The number of nitrogens with zero attached hydrogens (tertiary/aromatic N) is 1. The van der Waals surface area contributed by atoms with Crippen molar-refractivity contribution in [3.05, 3.63) is 54.1 Å². The predicted molar refractivity (Wildman–Crippen MR) is 112 cm³/mol. The molecule has 0 aliphatic rings. The molecule has 0 saturated carbocycles. The van der Waals surface area contributed by atoms with Gasteiger partial charge in [-0.1, -0.05) is 32.0 Å². The molecule has 1 atom stereocenters. The molecule has 0 amide bonds. The molecule has 0 aliphatic heterocycles. The van der Waals surface area contributed by atoms with E-state index >= 15 is 0 Å². The van der Waals surface area contributed by atoms with Gasteiger partial charge in [0.25, 0.3) is 0 Å². The summed E-state index contributed by atoms with van der Waals surface area (Å²) in [5.41, 5.74) is 2.78. The zero-order valence-electron chi connectivity index (χ0n) is 15.5. The summed E-state index contributed by atoms with van der Waals surface area (Å²) in [6.07, 6.45) is 1.10. The summed E-state index contributed by atoms with van der Waals surface area (Å²) in [6.45, 7) is 4.36. The molecule has 0 unspecified atom stereocenters. The van der Waals surface area contributed by atoms with Crippen LogP contribution in [0.25, 0.3) is 0 Å². The third-order valence-electron chi connectivity index (χ3n) is 4.22. The summed E-state index contributed by atoms with van der Waals surface area (Å²) >= 11 is 5.33. The highest BCUT2D eigenvalue weighted by Crippen LogP contribution is 2.21. The lowest BCUT2D eigenvalue weighted by Crippen LogP contribution is -2.23. The van der Waals surface area contributed by atoms with Gasteiger partial charge in [0.05, 0.1) is 4.90 Å². The molecular formula is C19H25N3O2S2. The standard InChI is InChI=1S/C19H25N3O2S2/c1-5-14(2)15-9-11-16(12-10-15)20-19(25)21-17-7-6-8-18(13-17)26(23,24)22(3)4/h6-14H,5H2,1-4H3,(H2,20,21,25)/t14-/m0/s1. The van der Waals surface area contributed by atoms with Gasteiger partial charge in [0, 0.05) is 25.5 Å². The van der Waals surface area contributed by atoms with Crippen molar-refractivity contribution >= 4 is 38.7 Å². The van der Waals surface area contributed by atoms with Gasteiger partial charge in [0.1, 0.15) is 0 Å². The highest BCUT2D eigenvalue weighted by Gasteiger charge is 2.17. The third-order valence-corrected chi connectivity index (χ3v) is 6.24. The van der Waals surface area contributed by atoms with Crippen molar-refractivity contribution < 1.29 is 8.42 Å². The SMILES string of the molecule is CC[C@H](C)c1ccc(NC(=S)Nc2cccc(S(=O)(=O)N(C)C)c2)cc1. The second-order valence-electron chi connectivity index (χ2n) is 6.33. The molecule has 2 aromatic carbocycles. The first-order valence-electron chi connectivity index (χ1n) is 8.44. The normalized spacial score (nSPS) is 12.7. The molecule has 5 nitrogen and oxygen atoms in total. The van der Waals surface area contributed by atoms with Crippen LogP contribution in [0.1, 0.15) is 31.7 Å². The molecule has 0 heterocycles. The van der Waals surface area contributed by atoms with Gasteiger partial charge in [-0.2, -0.15) is 0 Å². The number of anilines is 2. The molecule has 0 bridgehead atoms. The Hall–Kier alpha value is -1.96. The minimum absolute atomic E-state index is 0.216. The zero-order valence-corrected chi connectivity index (χ0v) is 17.1. The van der Waals surface area contributed by atoms with Gasteiger partial charge in [0.2, 0.25) is 10.0 Å². The van der Waals surface area contributed by atoms with E-state index in [2.05, 4.69) is 36.6 Å². The number of thiocarbonyl (C=S) groups is 1. The van der Waals surface area contributed by atoms with Crippen molar-refractivity contribution in [1.29, 1.82) is 0 Å². The molecule has 0 aliphatic carbocycles. The Bertz CT molecular complexity index is 863. The van der Waals surface area contributed by atoms with E-state index in [-0.39, 0.29) is 4.90 Å². The van der Waals surface area contributed by atoms with Gasteiger partial charge in [0.15, 0.2) is 5.11 Å². The molecule has 0 fully saturated rings. The molecule has 2 aromatic rings. The number of benzene rings is 2. The predicted octanol–water partition coefficient (Wildman–Crippen LogP) is 4.26. The van der Waals surface area contributed by atoms with E-state index in [1.165, 1.54) is 24.0 Å². The number of hydrogen-bond acceptors (Lipinski definition) is 3. The Morgan fingerprint density at radius 3 is 2.27 bits per heavy atom. The average Bonchev–Trinajstić information content (AvgIpc) is 2.61. The lowest BCUT2D eigenvalue weighted by atomic mass is 9.99. The monoisotopic (exact) mass is 391 g/mol. The first-order chi connectivity index (χ1) is 12.2. The first kappa shape index (κ1) is 20.4. The van der Waals surface area contributed by atoms with Crippen LogP contribution < -0.4 is 10.6 Å².